The van der Waals surface area contributed by atoms with Crippen LogP contribution in [0.5, 0.6) is 5.75 Å². The molecule has 0 amide bonds. The topological polar surface area (TPSA) is 9.23 Å². The minimum Gasteiger partial charge on any atom is -0.397 e. The van der Waals surface area contributed by atoms with Gasteiger partial charge in [-0.05, 0) is 23.6 Å². The third-order valence-corrected chi connectivity index (χ3v) is 1.93. The molecule has 0 aliphatic heterocycles. The van der Waals surface area contributed by atoms with Crippen molar-refractivity contribution >= 4 is 12.4 Å². The molecule has 0 N–H and O–H groups in total. The lowest BCUT2D eigenvalue weighted by Crippen LogP contribution is -1.86. The van der Waals surface area contributed by atoms with Crippen molar-refractivity contribution in [3.63, 3.8) is 0 Å². The van der Waals surface area contributed by atoms with Gasteiger partial charge < -0.3 is 4.18 Å². The molecule has 0 aliphatic rings. The van der Waals surface area contributed by atoms with Gasteiger partial charge in [0.1, 0.15) is 5.75 Å². The van der Waals surface area contributed by atoms with Gasteiger partial charge in [0.25, 0.3) is 12.4 Å². The Balaban J connectivity index is 2.71. The molecule has 1 rings (SSSR count). The van der Waals surface area contributed by atoms with Crippen LogP contribution in [0.3, 0.4) is 0 Å². The van der Waals surface area contributed by atoms with Crippen molar-refractivity contribution in [3.8, 4) is 5.75 Å². The molecule has 0 heterocycles. The van der Waals surface area contributed by atoms with Crippen molar-refractivity contribution in [2.24, 2.45) is 0 Å². The summed E-state index contributed by atoms with van der Waals surface area (Å²) < 4.78 is 16.2. The average Bonchev–Trinajstić information content (AvgIpc) is 2.06. The predicted molar refractivity (Wildman–Crippen MR) is 49.9 cm³/mol. The van der Waals surface area contributed by atoms with Gasteiger partial charge in [0, 0.05) is 0 Å². The Bertz CT molecular complexity index is 233. The molecule has 1 aromatic carbocycles. The Morgan fingerprint density at radius 3 is 2.25 bits per heavy atom. The van der Waals surface area contributed by atoms with Crippen LogP contribution in [0.25, 0.3) is 0 Å². The maximum atomic E-state index is 11.6. The number of hydrogen-bond donors (Lipinski definition) is 0. The monoisotopic (exact) mass is 186 g/mol. The number of benzene rings is 1. The van der Waals surface area contributed by atoms with Gasteiger partial charge in [-0.1, -0.05) is 26.0 Å². The van der Waals surface area contributed by atoms with Crippen LogP contribution >= 0.6 is 12.4 Å². The van der Waals surface area contributed by atoms with Gasteiger partial charge in [0.15, 0.2) is 0 Å². The van der Waals surface area contributed by atoms with E-state index in [0.717, 1.165) is 0 Å². The largest absolute Gasteiger partial charge is 0.397 e. The Morgan fingerprint density at radius 1 is 1.25 bits per heavy atom. The van der Waals surface area contributed by atoms with Crippen molar-refractivity contribution in [2.75, 3.05) is 0 Å². The molecule has 0 spiro atoms. The molecule has 1 aromatic rings. The SMILES string of the molecule is CC(C)c1ccc(OSF)cc1. The maximum absolute atomic E-state index is 11.6. The number of halogens is 1. The van der Waals surface area contributed by atoms with E-state index >= 15 is 0 Å². The molecule has 0 saturated heterocycles. The average molecular weight is 186 g/mol. The highest BCUT2D eigenvalue weighted by Gasteiger charge is 1.99. The quantitative estimate of drug-likeness (QED) is 0.665. The summed E-state index contributed by atoms with van der Waals surface area (Å²) in [5, 5.41) is 0. The second-order valence-corrected chi connectivity index (χ2v) is 3.16. The van der Waals surface area contributed by atoms with Gasteiger partial charge >= 0.3 is 0 Å². The predicted octanol–water partition coefficient (Wildman–Crippen LogP) is 3.72. The third kappa shape index (κ3) is 2.41. The van der Waals surface area contributed by atoms with Gasteiger partial charge in [-0.2, -0.15) is 0 Å². The van der Waals surface area contributed by atoms with E-state index in [1.807, 2.05) is 12.1 Å². The van der Waals surface area contributed by atoms with Crippen molar-refractivity contribution in [1.82, 2.24) is 0 Å². The molecule has 3 heteroatoms. The highest BCUT2D eigenvalue weighted by molar-refractivity contribution is 7.89. The lowest BCUT2D eigenvalue weighted by molar-refractivity contribution is 0.610. The van der Waals surface area contributed by atoms with Crippen molar-refractivity contribution in [1.29, 1.82) is 0 Å². The van der Waals surface area contributed by atoms with E-state index in [9.17, 15) is 3.89 Å². The summed E-state index contributed by atoms with van der Waals surface area (Å²) in [5.41, 5.74) is 1.23. The number of hydrogen-bond acceptors (Lipinski definition) is 2. The molecule has 66 valence electrons. The summed E-state index contributed by atoms with van der Waals surface area (Å²) in [6.07, 6.45) is 0. The maximum Gasteiger partial charge on any atom is 0.272 e. The van der Waals surface area contributed by atoms with Crippen LogP contribution in [0.1, 0.15) is 25.3 Å². The minimum absolute atomic E-state index is 0.131. The highest BCUT2D eigenvalue weighted by atomic mass is 32.2. The van der Waals surface area contributed by atoms with Gasteiger partial charge in [0.05, 0.1) is 0 Å². The van der Waals surface area contributed by atoms with E-state index in [-0.39, 0.29) is 12.4 Å². The van der Waals surface area contributed by atoms with Crippen LogP contribution in [0, 0.1) is 0 Å². The molecule has 0 fully saturated rings. The van der Waals surface area contributed by atoms with E-state index in [2.05, 4.69) is 18.0 Å². The molecule has 0 aliphatic carbocycles. The van der Waals surface area contributed by atoms with Gasteiger partial charge in [-0.25, -0.2) is 0 Å². The Labute approximate surface area is 76.4 Å². The van der Waals surface area contributed by atoms with E-state index in [1.54, 1.807) is 12.1 Å². The molecule has 12 heavy (non-hydrogen) atoms. The molecular formula is C9H11FOS. The Morgan fingerprint density at radius 2 is 1.83 bits per heavy atom. The fraction of sp³-hybridized carbons (Fsp3) is 0.333. The zero-order valence-electron chi connectivity index (χ0n) is 7.08. The van der Waals surface area contributed by atoms with Crippen LogP contribution in [0.4, 0.5) is 3.89 Å². The van der Waals surface area contributed by atoms with Crippen LogP contribution in [-0.2, 0) is 0 Å². The summed E-state index contributed by atoms with van der Waals surface area (Å²) in [7, 11) is 0. The van der Waals surface area contributed by atoms with Crippen molar-refractivity contribution in [3.05, 3.63) is 29.8 Å². The van der Waals surface area contributed by atoms with Crippen LogP contribution in [-0.4, -0.2) is 0 Å². The van der Waals surface area contributed by atoms with Gasteiger partial charge in [0.2, 0.25) is 0 Å². The standard InChI is InChI=1S/C9H11FOS/c1-7(2)8-3-5-9(6-4-8)11-12-10/h3-7H,1-2H3. The summed E-state index contributed by atoms with van der Waals surface area (Å²) in [6.45, 7) is 4.22. The molecule has 1 nitrogen and oxygen atoms in total. The van der Waals surface area contributed by atoms with E-state index in [4.69, 9.17) is 0 Å². The molecule has 0 saturated carbocycles. The summed E-state index contributed by atoms with van der Waals surface area (Å²) in [4.78, 5) is 0. The first-order valence-corrected chi connectivity index (χ1v) is 4.43. The van der Waals surface area contributed by atoms with Crippen LogP contribution in [0.15, 0.2) is 24.3 Å². The first kappa shape index (κ1) is 9.39. The fourth-order valence-corrected chi connectivity index (χ4v) is 1.13. The smallest absolute Gasteiger partial charge is 0.272 e. The first-order chi connectivity index (χ1) is 5.74. The molecule has 0 unspecified atom stereocenters. The zero-order valence-corrected chi connectivity index (χ0v) is 7.90. The van der Waals surface area contributed by atoms with Crippen molar-refractivity contribution < 1.29 is 8.07 Å². The lowest BCUT2D eigenvalue weighted by Gasteiger charge is -2.04. The van der Waals surface area contributed by atoms with Gasteiger partial charge in [-0.15, -0.1) is 3.89 Å². The van der Waals surface area contributed by atoms with Gasteiger partial charge in [-0.3, -0.25) is 0 Å². The number of rotatable bonds is 3. The first-order valence-electron chi connectivity index (χ1n) is 3.79. The van der Waals surface area contributed by atoms with E-state index < -0.39 is 0 Å². The summed E-state index contributed by atoms with van der Waals surface area (Å²) >= 11 is -0.131. The molecular weight excluding hydrogens is 175 g/mol. The highest BCUT2D eigenvalue weighted by Crippen LogP contribution is 2.21. The molecule has 0 radical (unpaired) electrons. The normalized spacial score (nSPS) is 10.3. The molecule has 0 atom stereocenters. The second kappa shape index (κ2) is 4.36. The van der Waals surface area contributed by atoms with E-state index in [1.165, 1.54) is 5.56 Å². The van der Waals surface area contributed by atoms with Crippen LogP contribution < -0.4 is 4.18 Å². The minimum atomic E-state index is -0.131. The lowest BCUT2D eigenvalue weighted by atomic mass is 10.0. The Kier molecular flexibility index (Phi) is 3.41. The molecule has 0 bridgehead atoms. The molecule has 0 aromatic heterocycles. The zero-order chi connectivity index (χ0) is 8.97. The van der Waals surface area contributed by atoms with Crippen LogP contribution in [0.2, 0.25) is 0 Å². The third-order valence-electron chi connectivity index (χ3n) is 1.67. The Hall–Kier alpha value is -0.700. The fourth-order valence-electron chi connectivity index (χ4n) is 0.945. The second-order valence-electron chi connectivity index (χ2n) is 2.87. The summed E-state index contributed by atoms with van der Waals surface area (Å²) in [6, 6.07) is 7.41. The van der Waals surface area contributed by atoms with Crippen molar-refractivity contribution in [2.45, 2.75) is 19.8 Å². The summed E-state index contributed by atoms with van der Waals surface area (Å²) in [5.74, 6) is 1.05. The van der Waals surface area contributed by atoms with E-state index in [0.29, 0.717) is 11.7 Å².